The van der Waals surface area contributed by atoms with Crippen molar-refractivity contribution in [3.63, 3.8) is 0 Å². The maximum Gasteiger partial charge on any atom is 0.124 e. The van der Waals surface area contributed by atoms with Crippen molar-refractivity contribution in [2.75, 3.05) is 13.2 Å². The predicted molar refractivity (Wildman–Crippen MR) is 86.6 cm³/mol. The van der Waals surface area contributed by atoms with Gasteiger partial charge in [-0.2, -0.15) is 5.10 Å². The monoisotopic (exact) mass is 301 g/mol. The molecule has 2 aromatic rings. The van der Waals surface area contributed by atoms with Crippen molar-refractivity contribution in [2.24, 2.45) is 7.05 Å². The fourth-order valence-electron chi connectivity index (χ4n) is 2.18. The average molecular weight is 301 g/mol. The molecule has 2 rings (SSSR count). The van der Waals surface area contributed by atoms with Gasteiger partial charge in [-0.15, -0.1) is 0 Å². The van der Waals surface area contributed by atoms with Crippen molar-refractivity contribution in [3.05, 3.63) is 60.4 Å². The van der Waals surface area contributed by atoms with Crippen molar-refractivity contribution in [1.82, 2.24) is 15.1 Å². The summed E-state index contributed by atoms with van der Waals surface area (Å²) in [6, 6.07) is 7.84. The van der Waals surface area contributed by atoms with E-state index < -0.39 is 5.60 Å². The summed E-state index contributed by atoms with van der Waals surface area (Å²) in [5.74, 6) is 0.830. The summed E-state index contributed by atoms with van der Waals surface area (Å²) < 4.78 is 7.31. The fourth-order valence-corrected chi connectivity index (χ4v) is 2.18. The lowest BCUT2D eigenvalue weighted by Crippen LogP contribution is -2.35. The number of hydrogen-bond acceptors (Lipinski definition) is 4. The summed E-state index contributed by atoms with van der Waals surface area (Å²) in [5.41, 5.74) is 0.871. The Kier molecular flexibility index (Phi) is 5.35. The van der Waals surface area contributed by atoms with Gasteiger partial charge in [-0.1, -0.05) is 30.9 Å². The van der Waals surface area contributed by atoms with Crippen molar-refractivity contribution >= 4 is 0 Å². The number of aliphatic hydroxyl groups is 1. The van der Waals surface area contributed by atoms with Crippen LogP contribution >= 0.6 is 0 Å². The second-order valence-corrected chi connectivity index (χ2v) is 5.49. The third kappa shape index (κ3) is 4.19. The Morgan fingerprint density at radius 3 is 2.91 bits per heavy atom. The van der Waals surface area contributed by atoms with Crippen LogP contribution < -0.4 is 10.1 Å². The summed E-state index contributed by atoms with van der Waals surface area (Å²) in [4.78, 5) is 0. The molecular weight excluding hydrogens is 278 g/mol. The minimum absolute atomic E-state index is 0.425. The largest absolute Gasteiger partial charge is 0.489 e. The van der Waals surface area contributed by atoms with Gasteiger partial charge in [0.2, 0.25) is 0 Å². The molecule has 1 aromatic heterocycles. The summed E-state index contributed by atoms with van der Waals surface area (Å²) in [7, 11) is 1.83. The average Bonchev–Trinajstić information content (AvgIpc) is 2.93. The first-order valence-corrected chi connectivity index (χ1v) is 7.27. The number of rotatable bonds is 8. The highest BCUT2D eigenvalue weighted by molar-refractivity contribution is 5.33. The Balaban J connectivity index is 1.94. The Morgan fingerprint density at radius 1 is 1.45 bits per heavy atom. The third-order valence-electron chi connectivity index (χ3n) is 3.44. The second-order valence-electron chi connectivity index (χ2n) is 5.49. The Morgan fingerprint density at radius 2 is 2.23 bits per heavy atom. The van der Waals surface area contributed by atoms with E-state index in [2.05, 4.69) is 17.0 Å². The maximum absolute atomic E-state index is 10.5. The second kappa shape index (κ2) is 7.24. The number of aromatic nitrogens is 2. The van der Waals surface area contributed by atoms with Crippen molar-refractivity contribution in [2.45, 2.75) is 19.1 Å². The van der Waals surface area contributed by atoms with E-state index in [0.717, 1.165) is 16.9 Å². The van der Waals surface area contributed by atoms with Crippen molar-refractivity contribution < 1.29 is 9.84 Å². The van der Waals surface area contributed by atoms with E-state index in [4.69, 9.17) is 4.74 Å². The number of aryl methyl sites for hydroxylation is 1. The summed E-state index contributed by atoms with van der Waals surface area (Å²) >= 11 is 0. The number of hydrogen-bond donors (Lipinski definition) is 2. The van der Waals surface area contributed by atoms with Gasteiger partial charge >= 0.3 is 0 Å². The van der Waals surface area contributed by atoms with Crippen molar-refractivity contribution in [3.8, 4) is 5.75 Å². The van der Waals surface area contributed by atoms with E-state index >= 15 is 0 Å². The Bertz CT molecular complexity index is 620. The SMILES string of the molecule is C=CCOc1ccccc1CNCC(C)(O)c1cnn(C)c1. The predicted octanol–water partition coefficient (Wildman–Crippen LogP) is 1.98. The zero-order chi connectivity index (χ0) is 16.0. The molecule has 5 nitrogen and oxygen atoms in total. The smallest absolute Gasteiger partial charge is 0.124 e. The van der Waals surface area contributed by atoms with E-state index in [9.17, 15) is 5.11 Å². The number of para-hydroxylation sites is 1. The fraction of sp³-hybridized carbons (Fsp3) is 0.353. The van der Waals surface area contributed by atoms with E-state index in [0.29, 0.717) is 19.7 Å². The molecule has 22 heavy (non-hydrogen) atoms. The zero-order valence-corrected chi connectivity index (χ0v) is 13.1. The first-order chi connectivity index (χ1) is 10.5. The first-order valence-electron chi connectivity index (χ1n) is 7.27. The maximum atomic E-state index is 10.5. The molecule has 0 bridgehead atoms. The van der Waals surface area contributed by atoms with Crippen LogP contribution in [-0.4, -0.2) is 28.0 Å². The number of nitrogens with one attached hydrogen (secondary N) is 1. The van der Waals surface area contributed by atoms with Crippen LogP contribution in [0.5, 0.6) is 5.75 Å². The van der Waals surface area contributed by atoms with Crippen LogP contribution in [0, 0.1) is 0 Å². The van der Waals surface area contributed by atoms with Gasteiger partial charge in [0.05, 0.1) is 6.20 Å². The van der Waals surface area contributed by atoms with E-state index in [1.807, 2.05) is 37.5 Å². The van der Waals surface area contributed by atoms with Gasteiger partial charge in [0.15, 0.2) is 0 Å². The van der Waals surface area contributed by atoms with Crippen LogP contribution in [-0.2, 0) is 19.2 Å². The van der Waals surface area contributed by atoms with E-state index in [1.165, 1.54) is 0 Å². The molecule has 1 heterocycles. The standard InChI is InChI=1S/C17H23N3O2/c1-4-9-22-16-8-6-5-7-14(16)10-18-13-17(2,21)15-11-19-20(3)12-15/h4-8,11-12,18,21H,1,9-10,13H2,2-3H3. The van der Waals surface area contributed by atoms with Gasteiger partial charge in [-0.3, -0.25) is 4.68 Å². The third-order valence-corrected chi connectivity index (χ3v) is 3.44. The highest BCUT2D eigenvalue weighted by atomic mass is 16.5. The molecule has 0 amide bonds. The lowest BCUT2D eigenvalue weighted by molar-refractivity contribution is 0.0565. The zero-order valence-electron chi connectivity index (χ0n) is 13.1. The van der Waals surface area contributed by atoms with Gasteiger partial charge in [0, 0.05) is 37.5 Å². The molecular formula is C17H23N3O2. The van der Waals surface area contributed by atoms with Crippen LogP contribution in [0.3, 0.4) is 0 Å². The van der Waals surface area contributed by atoms with Gasteiger partial charge < -0.3 is 15.2 Å². The Hall–Kier alpha value is -2.11. The highest BCUT2D eigenvalue weighted by Crippen LogP contribution is 2.20. The lowest BCUT2D eigenvalue weighted by Gasteiger charge is -2.22. The quantitative estimate of drug-likeness (QED) is 0.732. The van der Waals surface area contributed by atoms with Crippen LogP contribution in [0.2, 0.25) is 0 Å². The van der Waals surface area contributed by atoms with Gasteiger partial charge in [-0.25, -0.2) is 0 Å². The molecule has 1 unspecified atom stereocenters. The molecule has 0 aliphatic rings. The number of nitrogens with zero attached hydrogens (tertiary/aromatic N) is 2. The molecule has 0 saturated heterocycles. The van der Waals surface area contributed by atoms with E-state index in [-0.39, 0.29) is 0 Å². The Labute approximate surface area is 131 Å². The van der Waals surface area contributed by atoms with Crippen LogP contribution in [0.1, 0.15) is 18.1 Å². The molecule has 0 aliphatic heterocycles. The summed E-state index contributed by atoms with van der Waals surface area (Å²) in [5, 5.41) is 17.9. The minimum Gasteiger partial charge on any atom is -0.489 e. The topological polar surface area (TPSA) is 59.3 Å². The van der Waals surface area contributed by atoms with Crippen LogP contribution in [0.15, 0.2) is 49.3 Å². The lowest BCUT2D eigenvalue weighted by atomic mass is 9.99. The van der Waals surface area contributed by atoms with Crippen LogP contribution in [0.25, 0.3) is 0 Å². The van der Waals surface area contributed by atoms with Gasteiger partial charge in [-0.05, 0) is 13.0 Å². The summed E-state index contributed by atoms with van der Waals surface area (Å²) in [6.07, 6.45) is 5.23. The minimum atomic E-state index is -0.967. The van der Waals surface area contributed by atoms with Crippen molar-refractivity contribution in [1.29, 1.82) is 0 Å². The van der Waals surface area contributed by atoms with Gasteiger partial charge in [0.1, 0.15) is 18.0 Å². The number of ether oxygens (including phenoxy) is 1. The molecule has 0 fully saturated rings. The molecule has 0 aliphatic carbocycles. The normalized spacial score (nSPS) is 13.6. The first kappa shape index (κ1) is 16.3. The van der Waals surface area contributed by atoms with E-state index in [1.54, 1.807) is 23.9 Å². The highest BCUT2D eigenvalue weighted by Gasteiger charge is 2.24. The molecule has 118 valence electrons. The molecule has 0 spiro atoms. The van der Waals surface area contributed by atoms with Crippen LogP contribution in [0.4, 0.5) is 0 Å². The summed E-state index contributed by atoms with van der Waals surface area (Å²) in [6.45, 7) is 6.95. The van der Waals surface area contributed by atoms with Gasteiger partial charge in [0.25, 0.3) is 0 Å². The molecule has 0 radical (unpaired) electrons. The molecule has 5 heteroatoms. The molecule has 0 saturated carbocycles. The number of benzene rings is 1. The molecule has 1 aromatic carbocycles. The molecule has 1 atom stereocenters. The molecule has 2 N–H and O–H groups in total.